The lowest BCUT2D eigenvalue weighted by Gasteiger charge is -2.41. The van der Waals surface area contributed by atoms with Crippen LogP contribution >= 0.6 is 0 Å². The minimum Gasteiger partial charge on any atom is -0.352 e. The summed E-state index contributed by atoms with van der Waals surface area (Å²) in [7, 11) is 2.42. The first-order valence-corrected chi connectivity index (χ1v) is 10.9. The number of carbonyl (C=O) groups excluding carboxylic acids is 1. The molecule has 0 spiro atoms. The molecule has 3 nitrogen and oxygen atoms in total. The maximum absolute atomic E-state index is 12.4. The molecule has 2 fully saturated rings. The smallest absolute Gasteiger partial charge is 0.246 e. The molecule has 0 radical (unpaired) electrons. The van der Waals surface area contributed by atoms with Crippen molar-refractivity contribution in [3.05, 3.63) is 35.5 Å². The Bertz CT molecular complexity index is 585. The number of hydrogen-bond donors (Lipinski definition) is 1. The molecule has 152 valence electrons. The van der Waals surface area contributed by atoms with Gasteiger partial charge >= 0.3 is 0 Å². The molecular formula is C24H41N2O+. The average molecular weight is 374 g/mol. The number of fused-ring (bicyclic) bond motifs is 1. The molecule has 4 atom stereocenters. The lowest BCUT2D eigenvalue weighted by molar-refractivity contribution is -0.927. The van der Waals surface area contributed by atoms with Gasteiger partial charge in [0, 0.05) is 30.9 Å². The molecule has 1 N–H and O–H groups in total. The number of quaternary nitrogens is 1. The number of nitrogens with zero attached hydrogens (tertiary/aromatic N) is 1. The summed E-state index contributed by atoms with van der Waals surface area (Å²) in [4.78, 5) is 12.4. The van der Waals surface area contributed by atoms with E-state index in [9.17, 15) is 4.79 Å². The van der Waals surface area contributed by atoms with Crippen LogP contribution in [-0.4, -0.2) is 43.1 Å². The Labute approximate surface area is 167 Å². The Morgan fingerprint density at radius 1 is 1.19 bits per heavy atom. The van der Waals surface area contributed by atoms with Crippen molar-refractivity contribution < 1.29 is 9.28 Å². The van der Waals surface area contributed by atoms with E-state index in [-0.39, 0.29) is 5.91 Å². The number of amides is 1. The van der Waals surface area contributed by atoms with Gasteiger partial charge in [0.1, 0.15) is 0 Å². The molecule has 0 aliphatic carbocycles. The molecule has 2 aliphatic heterocycles. The van der Waals surface area contributed by atoms with Crippen molar-refractivity contribution in [2.24, 2.45) is 11.8 Å². The third kappa shape index (κ3) is 6.64. The van der Waals surface area contributed by atoms with Crippen LogP contribution in [0.15, 0.2) is 35.5 Å². The summed E-state index contributed by atoms with van der Waals surface area (Å²) in [6.45, 7) is 11.9. The number of piperidine rings is 1. The summed E-state index contributed by atoms with van der Waals surface area (Å²) in [6, 6.07) is 0.755. The van der Waals surface area contributed by atoms with Gasteiger partial charge in [-0.1, -0.05) is 36.8 Å². The van der Waals surface area contributed by atoms with Gasteiger partial charge in [-0.15, -0.1) is 0 Å². The predicted molar refractivity (Wildman–Crippen MR) is 115 cm³/mol. The fourth-order valence-electron chi connectivity index (χ4n) is 4.78. The van der Waals surface area contributed by atoms with Gasteiger partial charge in [-0.2, -0.15) is 0 Å². The maximum Gasteiger partial charge on any atom is 0.246 e. The fourth-order valence-corrected chi connectivity index (χ4v) is 4.78. The van der Waals surface area contributed by atoms with Crippen molar-refractivity contribution in [2.75, 3.05) is 26.7 Å². The van der Waals surface area contributed by atoms with E-state index in [4.69, 9.17) is 0 Å². The van der Waals surface area contributed by atoms with E-state index < -0.39 is 0 Å². The second kappa shape index (κ2) is 10.3. The lowest BCUT2D eigenvalue weighted by Crippen LogP contribution is -2.53. The van der Waals surface area contributed by atoms with Gasteiger partial charge in [-0.05, 0) is 52.4 Å². The highest BCUT2D eigenvalue weighted by Crippen LogP contribution is 2.36. The third-order valence-corrected chi connectivity index (χ3v) is 6.62. The molecule has 2 rings (SSSR count). The van der Waals surface area contributed by atoms with Crippen molar-refractivity contribution in [3.8, 4) is 0 Å². The summed E-state index contributed by atoms with van der Waals surface area (Å²) >= 11 is 0. The van der Waals surface area contributed by atoms with Crippen molar-refractivity contribution in [2.45, 2.75) is 72.3 Å². The topological polar surface area (TPSA) is 29.1 Å². The first-order valence-electron chi connectivity index (χ1n) is 10.9. The van der Waals surface area contributed by atoms with Gasteiger partial charge in [-0.25, -0.2) is 0 Å². The van der Waals surface area contributed by atoms with Gasteiger partial charge in [0.15, 0.2) is 0 Å². The summed E-state index contributed by atoms with van der Waals surface area (Å²) in [5.41, 5.74) is 2.19. The highest BCUT2D eigenvalue weighted by Gasteiger charge is 2.46. The Morgan fingerprint density at radius 3 is 2.70 bits per heavy atom. The van der Waals surface area contributed by atoms with Crippen LogP contribution in [-0.2, 0) is 4.79 Å². The molecule has 0 saturated carbocycles. The molecule has 0 aromatic heterocycles. The SMILES string of the molecule is CC(C)=CCC[C@@H](C)/C=C/C=C(\C)C(=O)NC[C@@H]1CC[N@@+]2(C)CCCC[C@H]12. The standard InChI is InChI=1S/C24H40N2O/c1-19(2)10-8-11-20(3)12-9-13-21(4)24(27)25-18-22-15-17-26(5)16-7-6-14-23(22)26/h9-10,12-13,20,22-23H,6-8,11,14-18H2,1-5H3/p+1/b12-9+,21-13+/t20-,22+,23-,26-/m1/s1. The van der Waals surface area contributed by atoms with Crippen molar-refractivity contribution in [1.82, 2.24) is 5.32 Å². The van der Waals surface area contributed by atoms with Crippen molar-refractivity contribution in [3.63, 3.8) is 0 Å². The minimum atomic E-state index is 0.0914. The molecule has 2 saturated heterocycles. The predicted octanol–water partition coefficient (Wildman–Crippen LogP) is 5.01. The molecule has 1 amide bonds. The van der Waals surface area contributed by atoms with E-state index in [2.05, 4.69) is 45.3 Å². The number of hydrogen-bond acceptors (Lipinski definition) is 1. The Hall–Kier alpha value is -1.35. The van der Waals surface area contributed by atoms with Crippen LogP contribution in [0.1, 0.15) is 66.2 Å². The zero-order valence-corrected chi connectivity index (χ0v) is 18.3. The number of carbonyl (C=O) groups is 1. The van der Waals surface area contributed by atoms with Crippen LogP contribution in [0.2, 0.25) is 0 Å². The molecule has 3 heteroatoms. The molecule has 0 bridgehead atoms. The maximum atomic E-state index is 12.4. The molecule has 0 aromatic carbocycles. The first kappa shape index (κ1) is 21.9. The van der Waals surface area contributed by atoms with Gasteiger partial charge in [0.05, 0.1) is 26.2 Å². The van der Waals surface area contributed by atoms with E-state index in [0.29, 0.717) is 11.8 Å². The van der Waals surface area contributed by atoms with Crippen LogP contribution < -0.4 is 5.32 Å². The number of rotatable bonds is 8. The van der Waals surface area contributed by atoms with Crippen molar-refractivity contribution in [1.29, 1.82) is 0 Å². The zero-order valence-electron chi connectivity index (χ0n) is 18.3. The van der Waals surface area contributed by atoms with Crippen LogP contribution in [0.25, 0.3) is 0 Å². The highest BCUT2D eigenvalue weighted by molar-refractivity contribution is 5.93. The zero-order chi connectivity index (χ0) is 19.9. The molecule has 27 heavy (non-hydrogen) atoms. The Morgan fingerprint density at radius 2 is 1.96 bits per heavy atom. The molecular weight excluding hydrogens is 332 g/mol. The second-order valence-electron chi connectivity index (χ2n) is 9.32. The normalized spacial score (nSPS) is 29.4. The molecule has 2 aliphatic rings. The van der Waals surface area contributed by atoms with E-state index >= 15 is 0 Å². The van der Waals surface area contributed by atoms with Gasteiger partial charge in [0.2, 0.25) is 5.91 Å². The van der Waals surface area contributed by atoms with Crippen molar-refractivity contribution >= 4 is 5.91 Å². The van der Waals surface area contributed by atoms with Crippen LogP contribution in [0.3, 0.4) is 0 Å². The monoisotopic (exact) mass is 373 g/mol. The molecule has 0 unspecified atom stereocenters. The average Bonchev–Trinajstić information content (AvgIpc) is 2.95. The van der Waals surface area contributed by atoms with Crippen LogP contribution in [0.4, 0.5) is 0 Å². The summed E-state index contributed by atoms with van der Waals surface area (Å²) in [5.74, 6) is 1.28. The molecule has 2 heterocycles. The summed E-state index contributed by atoms with van der Waals surface area (Å²) in [6.07, 6.45) is 16.1. The second-order valence-corrected chi connectivity index (χ2v) is 9.32. The summed E-state index contributed by atoms with van der Waals surface area (Å²) in [5, 5.41) is 3.20. The molecule has 0 aromatic rings. The lowest BCUT2D eigenvalue weighted by atomic mass is 9.92. The van der Waals surface area contributed by atoms with E-state index in [1.807, 2.05) is 19.1 Å². The largest absolute Gasteiger partial charge is 0.352 e. The van der Waals surface area contributed by atoms with Crippen LogP contribution in [0.5, 0.6) is 0 Å². The Balaban J connectivity index is 1.75. The van der Waals surface area contributed by atoms with Gasteiger partial charge < -0.3 is 9.80 Å². The summed E-state index contributed by atoms with van der Waals surface area (Å²) < 4.78 is 1.24. The van der Waals surface area contributed by atoms with Crippen LogP contribution in [0, 0.1) is 11.8 Å². The first-order chi connectivity index (χ1) is 12.8. The number of allylic oxidation sites excluding steroid dienone is 5. The van der Waals surface area contributed by atoms with Gasteiger partial charge in [-0.3, -0.25) is 4.79 Å². The van der Waals surface area contributed by atoms with E-state index in [0.717, 1.165) is 31.0 Å². The Kier molecular flexibility index (Phi) is 8.34. The van der Waals surface area contributed by atoms with E-state index in [1.54, 1.807) is 0 Å². The highest BCUT2D eigenvalue weighted by atomic mass is 16.1. The van der Waals surface area contributed by atoms with E-state index in [1.165, 1.54) is 48.8 Å². The fraction of sp³-hybridized carbons (Fsp3) is 0.708. The van der Waals surface area contributed by atoms with Gasteiger partial charge in [0.25, 0.3) is 0 Å². The number of nitrogens with one attached hydrogen (secondary N) is 1. The quantitative estimate of drug-likeness (QED) is 0.276. The third-order valence-electron chi connectivity index (χ3n) is 6.62. The minimum absolute atomic E-state index is 0.0914.